The zero-order valence-electron chi connectivity index (χ0n) is 10.8. The van der Waals surface area contributed by atoms with Crippen LogP contribution >= 0.6 is 0 Å². The molecule has 3 rings (SSSR count). The smallest absolute Gasteiger partial charge is 0.284 e. The highest BCUT2D eigenvalue weighted by Crippen LogP contribution is 2.49. The largest absolute Gasteiger partial charge is 0.331 e. The predicted molar refractivity (Wildman–Crippen MR) is 62.9 cm³/mol. The minimum absolute atomic E-state index is 0.0882. The van der Waals surface area contributed by atoms with Crippen LogP contribution in [0.25, 0.3) is 0 Å². The Morgan fingerprint density at radius 1 is 1.15 bits per heavy atom. The molecule has 6 amide bonds. The molecule has 0 aromatic rings. The molecule has 0 bridgehead atoms. The third kappa shape index (κ3) is 1.50. The molecule has 1 unspecified atom stereocenters. The van der Waals surface area contributed by atoms with Gasteiger partial charge in [0.05, 0.1) is 0 Å². The zero-order valence-corrected chi connectivity index (χ0v) is 10.8. The molecule has 8 nitrogen and oxygen atoms in total. The van der Waals surface area contributed by atoms with E-state index in [9.17, 15) is 24.0 Å². The lowest BCUT2D eigenvalue weighted by atomic mass is 9.96. The number of likely N-dealkylation sites (N-methyl/N-ethyl adjacent to an activating group) is 1. The maximum atomic E-state index is 12.4. The van der Waals surface area contributed by atoms with E-state index in [1.54, 1.807) is 0 Å². The Hall–Kier alpha value is -2.25. The summed E-state index contributed by atoms with van der Waals surface area (Å²) in [6.45, 7) is 0. The van der Waals surface area contributed by atoms with Gasteiger partial charge in [-0.1, -0.05) is 0 Å². The van der Waals surface area contributed by atoms with Crippen molar-refractivity contribution in [2.24, 2.45) is 5.41 Å². The van der Waals surface area contributed by atoms with Gasteiger partial charge >= 0.3 is 6.03 Å². The minimum atomic E-state index is -1.17. The summed E-state index contributed by atoms with van der Waals surface area (Å²) in [5, 5.41) is 2.13. The van der Waals surface area contributed by atoms with E-state index in [-0.39, 0.29) is 18.7 Å². The average Bonchev–Trinajstić information content (AvgIpc) is 3.18. The van der Waals surface area contributed by atoms with E-state index >= 15 is 0 Å². The highest BCUT2D eigenvalue weighted by Gasteiger charge is 2.64. The monoisotopic (exact) mass is 279 g/mol. The summed E-state index contributed by atoms with van der Waals surface area (Å²) in [6.07, 6.45) is 0.963. The highest BCUT2D eigenvalue weighted by atomic mass is 16.2. The third-order valence-corrected chi connectivity index (χ3v) is 4.19. The average molecular weight is 279 g/mol. The Morgan fingerprint density at radius 3 is 2.40 bits per heavy atom. The Kier molecular flexibility index (Phi) is 2.47. The molecule has 0 aromatic carbocycles. The Labute approximate surface area is 114 Å². The third-order valence-electron chi connectivity index (χ3n) is 4.19. The summed E-state index contributed by atoms with van der Waals surface area (Å²) >= 11 is 0. The number of hydrogen-bond donors (Lipinski definition) is 1. The standard InChI is InChI=1S/C12H13N3O5/c1-14-7(16)3-2-6(8(14)17)15-10(19)12(4-5-12)9(18)13-11(15)20/h6H,2-5H2,1H3,(H,13,18,20). The van der Waals surface area contributed by atoms with Gasteiger partial charge in [-0.25, -0.2) is 4.79 Å². The van der Waals surface area contributed by atoms with Crippen molar-refractivity contribution in [2.75, 3.05) is 7.05 Å². The summed E-state index contributed by atoms with van der Waals surface area (Å²) < 4.78 is 0. The number of urea groups is 1. The van der Waals surface area contributed by atoms with E-state index in [1.165, 1.54) is 7.05 Å². The van der Waals surface area contributed by atoms with Crippen LogP contribution in [0.5, 0.6) is 0 Å². The molecular weight excluding hydrogens is 266 g/mol. The summed E-state index contributed by atoms with van der Waals surface area (Å²) in [7, 11) is 1.32. The SMILES string of the molecule is CN1C(=O)CCC(N2C(=O)NC(=O)C3(CC3)C2=O)C1=O. The minimum Gasteiger partial charge on any atom is -0.284 e. The first-order chi connectivity index (χ1) is 9.38. The molecule has 3 aliphatic rings. The van der Waals surface area contributed by atoms with Crippen molar-refractivity contribution >= 4 is 29.7 Å². The van der Waals surface area contributed by atoms with Crippen LogP contribution in [0, 0.1) is 5.41 Å². The molecule has 1 aliphatic carbocycles. The number of rotatable bonds is 1. The number of nitrogens with zero attached hydrogens (tertiary/aromatic N) is 2. The quantitative estimate of drug-likeness (QED) is 0.489. The van der Waals surface area contributed by atoms with E-state index in [2.05, 4.69) is 5.32 Å². The molecule has 1 atom stereocenters. The number of amides is 6. The van der Waals surface area contributed by atoms with E-state index < -0.39 is 35.2 Å². The second kappa shape index (κ2) is 3.87. The summed E-state index contributed by atoms with van der Waals surface area (Å²) in [5.41, 5.74) is -1.17. The Morgan fingerprint density at radius 2 is 1.80 bits per heavy atom. The van der Waals surface area contributed by atoms with E-state index in [0.29, 0.717) is 12.8 Å². The van der Waals surface area contributed by atoms with Crippen LogP contribution in [0.4, 0.5) is 4.79 Å². The molecule has 1 N–H and O–H groups in total. The molecule has 0 radical (unpaired) electrons. The van der Waals surface area contributed by atoms with Gasteiger partial charge in [0.15, 0.2) is 0 Å². The maximum absolute atomic E-state index is 12.4. The number of carbonyl (C=O) groups excluding carboxylic acids is 5. The first kappa shape index (κ1) is 12.8. The molecule has 2 saturated heterocycles. The number of barbiturate groups is 1. The van der Waals surface area contributed by atoms with Gasteiger partial charge in [-0.2, -0.15) is 0 Å². The zero-order chi connectivity index (χ0) is 14.7. The molecular formula is C12H13N3O5. The second-order valence-corrected chi connectivity index (χ2v) is 5.36. The fraction of sp³-hybridized carbons (Fsp3) is 0.583. The van der Waals surface area contributed by atoms with Crippen LogP contribution in [-0.2, 0) is 19.2 Å². The molecule has 3 fully saturated rings. The lowest BCUT2D eigenvalue weighted by Crippen LogP contribution is -2.65. The van der Waals surface area contributed by atoms with Gasteiger partial charge in [-0.05, 0) is 19.3 Å². The molecule has 1 spiro atoms. The first-order valence-corrected chi connectivity index (χ1v) is 6.38. The fourth-order valence-electron chi connectivity index (χ4n) is 2.68. The van der Waals surface area contributed by atoms with Gasteiger partial charge in [0, 0.05) is 13.5 Å². The molecule has 2 heterocycles. The lowest BCUT2D eigenvalue weighted by Gasteiger charge is -2.38. The number of carbonyl (C=O) groups is 5. The number of likely N-dealkylation sites (tertiary alicyclic amines) is 1. The van der Waals surface area contributed by atoms with E-state index in [0.717, 1.165) is 9.80 Å². The van der Waals surface area contributed by atoms with Gasteiger partial charge < -0.3 is 0 Å². The number of nitrogens with one attached hydrogen (secondary N) is 1. The van der Waals surface area contributed by atoms with Gasteiger partial charge in [-0.15, -0.1) is 0 Å². The van der Waals surface area contributed by atoms with Gasteiger partial charge in [0.2, 0.25) is 17.7 Å². The molecule has 2 aliphatic heterocycles. The van der Waals surface area contributed by atoms with Crippen LogP contribution in [0.2, 0.25) is 0 Å². The fourth-order valence-corrected chi connectivity index (χ4v) is 2.68. The van der Waals surface area contributed by atoms with Gasteiger partial charge in [0.1, 0.15) is 11.5 Å². The number of piperidine rings is 1. The van der Waals surface area contributed by atoms with Crippen molar-refractivity contribution in [3.8, 4) is 0 Å². The van der Waals surface area contributed by atoms with Crippen LogP contribution in [0.1, 0.15) is 25.7 Å². The van der Waals surface area contributed by atoms with Crippen LogP contribution in [0.3, 0.4) is 0 Å². The maximum Gasteiger partial charge on any atom is 0.331 e. The van der Waals surface area contributed by atoms with E-state index in [1.807, 2.05) is 0 Å². The summed E-state index contributed by atoms with van der Waals surface area (Å²) in [5.74, 6) is -2.13. The van der Waals surface area contributed by atoms with Crippen LogP contribution < -0.4 is 5.32 Å². The molecule has 20 heavy (non-hydrogen) atoms. The number of imide groups is 3. The Balaban J connectivity index is 1.91. The van der Waals surface area contributed by atoms with Gasteiger partial charge in [-0.3, -0.25) is 34.3 Å². The van der Waals surface area contributed by atoms with Crippen LogP contribution in [0.15, 0.2) is 0 Å². The molecule has 106 valence electrons. The van der Waals surface area contributed by atoms with Gasteiger partial charge in [0.25, 0.3) is 5.91 Å². The van der Waals surface area contributed by atoms with Crippen molar-refractivity contribution in [2.45, 2.75) is 31.7 Å². The van der Waals surface area contributed by atoms with E-state index in [4.69, 9.17) is 0 Å². The first-order valence-electron chi connectivity index (χ1n) is 6.38. The molecule has 8 heteroatoms. The predicted octanol–water partition coefficient (Wildman–Crippen LogP) is -1.01. The summed E-state index contributed by atoms with van der Waals surface area (Å²) in [6, 6.07) is -1.88. The highest BCUT2D eigenvalue weighted by molar-refractivity contribution is 6.22. The van der Waals surface area contributed by atoms with Crippen molar-refractivity contribution in [1.82, 2.24) is 15.1 Å². The number of hydrogen-bond acceptors (Lipinski definition) is 5. The summed E-state index contributed by atoms with van der Waals surface area (Å²) in [4.78, 5) is 61.2. The van der Waals surface area contributed by atoms with Crippen molar-refractivity contribution < 1.29 is 24.0 Å². The lowest BCUT2D eigenvalue weighted by molar-refractivity contribution is -0.158. The van der Waals surface area contributed by atoms with Crippen molar-refractivity contribution in [3.05, 3.63) is 0 Å². The Bertz CT molecular complexity index is 565. The molecule has 1 saturated carbocycles. The second-order valence-electron chi connectivity index (χ2n) is 5.36. The van der Waals surface area contributed by atoms with Crippen molar-refractivity contribution in [1.29, 1.82) is 0 Å². The topological polar surface area (TPSA) is 104 Å². The normalized spacial score (nSPS) is 29.1. The van der Waals surface area contributed by atoms with Crippen molar-refractivity contribution in [3.63, 3.8) is 0 Å². The molecule has 0 aromatic heterocycles. The van der Waals surface area contributed by atoms with Crippen LogP contribution in [-0.4, -0.2) is 52.5 Å².